The zero-order chi connectivity index (χ0) is 22.3. The number of fused-ring (bicyclic) bond motifs is 2. The van der Waals surface area contributed by atoms with Crippen molar-refractivity contribution in [3.05, 3.63) is 107 Å². The van der Waals surface area contributed by atoms with E-state index in [4.69, 9.17) is 0 Å². The number of carbonyl (C=O) groups is 1. The average Bonchev–Trinajstić information content (AvgIpc) is 3.28. The second-order valence-corrected chi connectivity index (χ2v) is 7.71. The normalized spacial score (nSPS) is 19.6. The van der Waals surface area contributed by atoms with Crippen LogP contribution in [-0.2, 0) is 10.2 Å². The number of hydrogen-bond donors (Lipinski definition) is 0. The molecular formula is C27H16F3NO. The molecule has 0 fully saturated rings. The molecule has 0 saturated carbocycles. The fourth-order valence-electron chi connectivity index (χ4n) is 4.56. The van der Waals surface area contributed by atoms with Crippen molar-refractivity contribution in [3.8, 4) is 11.8 Å². The first kappa shape index (κ1) is 20.0. The quantitative estimate of drug-likeness (QED) is 0.435. The molecule has 0 aromatic heterocycles. The summed E-state index contributed by atoms with van der Waals surface area (Å²) in [6.07, 6.45) is -5.15. The predicted molar refractivity (Wildman–Crippen MR) is 118 cm³/mol. The Morgan fingerprint density at radius 1 is 0.812 bits per heavy atom. The van der Waals surface area contributed by atoms with Crippen LogP contribution in [0.3, 0.4) is 0 Å². The van der Waals surface area contributed by atoms with Gasteiger partial charge in [-0.25, -0.2) is 4.99 Å². The molecule has 2 aliphatic rings. The number of benzene rings is 3. The van der Waals surface area contributed by atoms with Crippen LogP contribution < -0.4 is 0 Å². The lowest BCUT2D eigenvalue weighted by atomic mass is 9.70. The maximum absolute atomic E-state index is 14.2. The summed E-state index contributed by atoms with van der Waals surface area (Å²) in [5.41, 5.74) is -0.131. The van der Waals surface area contributed by atoms with Crippen LogP contribution in [0.5, 0.6) is 0 Å². The Kier molecular flexibility index (Phi) is 4.60. The van der Waals surface area contributed by atoms with E-state index in [9.17, 15) is 18.0 Å². The molecule has 2 nitrogen and oxygen atoms in total. The molecule has 0 amide bonds. The van der Waals surface area contributed by atoms with Crippen molar-refractivity contribution in [2.24, 2.45) is 4.99 Å². The van der Waals surface area contributed by atoms with Crippen molar-refractivity contribution in [1.82, 2.24) is 0 Å². The molecule has 3 aromatic rings. The van der Waals surface area contributed by atoms with Crippen LogP contribution in [0.25, 0.3) is 5.57 Å². The monoisotopic (exact) mass is 427 g/mol. The van der Waals surface area contributed by atoms with E-state index < -0.39 is 22.9 Å². The van der Waals surface area contributed by atoms with Crippen molar-refractivity contribution >= 4 is 22.8 Å². The highest BCUT2D eigenvalue weighted by molar-refractivity contribution is 6.28. The lowest BCUT2D eigenvalue weighted by molar-refractivity contribution is -0.127. The number of carbonyl (C=O) groups excluding carboxylic acids is 1. The predicted octanol–water partition coefficient (Wildman–Crippen LogP) is 6.05. The zero-order valence-corrected chi connectivity index (χ0v) is 16.8. The molecule has 1 aliphatic heterocycles. The fourth-order valence-corrected chi connectivity index (χ4v) is 4.56. The van der Waals surface area contributed by atoms with Gasteiger partial charge in [0.1, 0.15) is 11.3 Å². The number of ketones is 1. The summed E-state index contributed by atoms with van der Waals surface area (Å²) in [5, 5.41) is 0. The summed E-state index contributed by atoms with van der Waals surface area (Å²) >= 11 is 0. The second kappa shape index (κ2) is 7.35. The summed E-state index contributed by atoms with van der Waals surface area (Å²) < 4.78 is 42.5. The number of Topliss-reactive ketones (excluding diaryl/α,β-unsaturated/α-hetero) is 1. The largest absolute Gasteiger partial charge is 0.420 e. The summed E-state index contributed by atoms with van der Waals surface area (Å²) in [6.45, 7) is 0. The van der Waals surface area contributed by atoms with E-state index in [0.29, 0.717) is 22.4 Å². The van der Waals surface area contributed by atoms with Gasteiger partial charge in [0.2, 0.25) is 0 Å². The van der Waals surface area contributed by atoms with Gasteiger partial charge >= 0.3 is 6.18 Å². The van der Waals surface area contributed by atoms with Crippen LogP contribution in [0.2, 0.25) is 0 Å². The van der Waals surface area contributed by atoms with Crippen molar-refractivity contribution in [3.63, 3.8) is 0 Å². The number of rotatable bonds is 1. The third kappa shape index (κ3) is 3.07. The highest BCUT2D eigenvalue weighted by atomic mass is 19.4. The second-order valence-electron chi connectivity index (χ2n) is 7.71. The maximum Gasteiger partial charge on any atom is 0.420 e. The van der Waals surface area contributed by atoms with E-state index >= 15 is 0 Å². The summed E-state index contributed by atoms with van der Waals surface area (Å²) in [4.78, 5) is 17.5. The molecule has 5 heteroatoms. The first-order chi connectivity index (χ1) is 15.4. The molecule has 0 bridgehead atoms. The van der Waals surface area contributed by atoms with E-state index in [1.54, 1.807) is 54.6 Å². The number of aliphatic imine (C=N–C) groups is 1. The number of alkyl halides is 3. The third-order valence-corrected chi connectivity index (χ3v) is 5.83. The SMILES string of the molecule is O=C1CC2(C(C#Cc3ccccc3)=Nc3ccccc32)C(c2ccccc2)=C1C(F)(F)F. The van der Waals surface area contributed by atoms with E-state index in [0.717, 1.165) is 0 Å². The van der Waals surface area contributed by atoms with Crippen LogP contribution in [0.4, 0.5) is 18.9 Å². The highest BCUT2D eigenvalue weighted by Crippen LogP contribution is 2.57. The van der Waals surface area contributed by atoms with Gasteiger partial charge in [-0.2, -0.15) is 13.2 Å². The van der Waals surface area contributed by atoms with Crippen molar-refractivity contribution in [1.29, 1.82) is 0 Å². The van der Waals surface area contributed by atoms with Crippen LogP contribution in [0.15, 0.2) is 95.5 Å². The number of nitrogens with zero attached hydrogens (tertiary/aromatic N) is 1. The Hall–Kier alpha value is -3.91. The Morgan fingerprint density at radius 3 is 2.12 bits per heavy atom. The molecule has 32 heavy (non-hydrogen) atoms. The number of allylic oxidation sites excluding steroid dienone is 2. The number of para-hydroxylation sites is 1. The third-order valence-electron chi connectivity index (χ3n) is 5.83. The summed E-state index contributed by atoms with van der Waals surface area (Å²) in [6, 6.07) is 24.4. The minimum absolute atomic E-state index is 0.0679. The molecule has 156 valence electrons. The molecule has 0 saturated heterocycles. The fraction of sp³-hybridized carbons (Fsp3) is 0.111. The summed E-state index contributed by atoms with van der Waals surface area (Å²) in [5.74, 6) is 5.09. The Bertz CT molecular complexity index is 1340. The van der Waals surface area contributed by atoms with Crippen LogP contribution in [0, 0.1) is 11.8 Å². The van der Waals surface area contributed by atoms with Gasteiger partial charge < -0.3 is 0 Å². The van der Waals surface area contributed by atoms with Gasteiger partial charge in [0, 0.05) is 12.0 Å². The Labute approximate surface area is 183 Å². The molecule has 0 radical (unpaired) electrons. The number of hydrogen-bond acceptors (Lipinski definition) is 2. The molecule has 1 unspecified atom stereocenters. The molecule has 1 heterocycles. The zero-order valence-electron chi connectivity index (χ0n) is 16.8. The van der Waals surface area contributed by atoms with Crippen LogP contribution >= 0.6 is 0 Å². The Balaban J connectivity index is 1.81. The standard InChI is InChI=1S/C27H16F3NO/c28-27(29,30)25-22(32)17-26(24(25)19-11-5-2-6-12-19)20-13-7-8-14-21(20)31-23(26)16-15-18-9-3-1-4-10-18/h1-14H,17H2. The minimum atomic E-state index is -4.79. The molecule has 0 N–H and O–H groups in total. The molecule has 5 rings (SSSR count). The average molecular weight is 427 g/mol. The van der Waals surface area contributed by atoms with Crippen LogP contribution in [0.1, 0.15) is 23.1 Å². The van der Waals surface area contributed by atoms with Crippen molar-refractivity contribution in [2.75, 3.05) is 0 Å². The topological polar surface area (TPSA) is 29.4 Å². The highest BCUT2D eigenvalue weighted by Gasteiger charge is 2.59. The minimum Gasteiger partial charge on any atom is -0.294 e. The van der Waals surface area contributed by atoms with E-state index in [1.807, 2.05) is 30.3 Å². The maximum atomic E-state index is 14.2. The van der Waals surface area contributed by atoms with Gasteiger partial charge in [0.25, 0.3) is 0 Å². The van der Waals surface area contributed by atoms with E-state index in [1.165, 1.54) is 0 Å². The van der Waals surface area contributed by atoms with E-state index in [-0.39, 0.29) is 17.7 Å². The number of halogens is 3. The first-order valence-corrected chi connectivity index (χ1v) is 10.1. The first-order valence-electron chi connectivity index (χ1n) is 10.1. The van der Waals surface area contributed by atoms with Crippen LogP contribution in [-0.4, -0.2) is 17.7 Å². The molecule has 1 atom stereocenters. The van der Waals surface area contributed by atoms with Gasteiger partial charge in [-0.15, -0.1) is 0 Å². The lowest BCUT2D eigenvalue weighted by Crippen LogP contribution is -2.32. The van der Waals surface area contributed by atoms with E-state index in [2.05, 4.69) is 16.8 Å². The van der Waals surface area contributed by atoms with Crippen molar-refractivity contribution in [2.45, 2.75) is 18.0 Å². The van der Waals surface area contributed by atoms with Crippen molar-refractivity contribution < 1.29 is 18.0 Å². The molecule has 1 spiro atoms. The molecular weight excluding hydrogens is 411 g/mol. The molecule has 3 aromatic carbocycles. The smallest absolute Gasteiger partial charge is 0.294 e. The lowest BCUT2D eigenvalue weighted by Gasteiger charge is -2.29. The summed E-state index contributed by atoms with van der Waals surface area (Å²) in [7, 11) is 0. The Morgan fingerprint density at radius 2 is 1.44 bits per heavy atom. The van der Waals surface area contributed by atoms with Gasteiger partial charge in [-0.3, -0.25) is 4.79 Å². The van der Waals surface area contributed by atoms with Gasteiger partial charge in [0.15, 0.2) is 5.78 Å². The van der Waals surface area contributed by atoms with Gasteiger partial charge in [-0.1, -0.05) is 72.7 Å². The van der Waals surface area contributed by atoms with Gasteiger partial charge in [-0.05, 0) is 40.8 Å². The molecule has 1 aliphatic carbocycles. The van der Waals surface area contributed by atoms with Gasteiger partial charge in [0.05, 0.1) is 11.1 Å².